The zero-order valence-electron chi connectivity index (χ0n) is 9.30. The third kappa shape index (κ3) is 4.63. The lowest BCUT2D eigenvalue weighted by molar-refractivity contribution is -0.137. The fourth-order valence-electron chi connectivity index (χ4n) is 1.18. The maximum Gasteiger partial charge on any atom is 0.303 e. The van der Waals surface area contributed by atoms with Gasteiger partial charge in [-0.05, 0) is 40.5 Å². The zero-order chi connectivity index (χ0) is 13.8. The molecule has 0 fully saturated rings. The summed E-state index contributed by atoms with van der Waals surface area (Å²) in [5.41, 5.74) is 0. The number of carbonyl (C=O) groups is 1. The minimum absolute atomic E-state index is 0.0207. The van der Waals surface area contributed by atoms with E-state index in [1.807, 2.05) is 0 Å². The maximum absolute atomic E-state index is 11.1. The molecule has 3 N–H and O–H groups in total. The van der Waals surface area contributed by atoms with Gasteiger partial charge in [0.1, 0.15) is 5.75 Å². The number of primary sulfonamides is 1. The lowest BCUT2D eigenvalue weighted by Gasteiger charge is -2.08. The molecule has 1 rings (SSSR count). The van der Waals surface area contributed by atoms with Crippen molar-refractivity contribution >= 4 is 31.9 Å². The normalized spacial score (nSPS) is 11.2. The number of aliphatic carboxylic acids is 1. The lowest BCUT2D eigenvalue weighted by Crippen LogP contribution is -2.12. The first-order valence-corrected chi connectivity index (χ1v) is 7.31. The van der Waals surface area contributed by atoms with E-state index in [1.165, 1.54) is 18.2 Å². The minimum atomic E-state index is -3.74. The van der Waals surface area contributed by atoms with Crippen LogP contribution in [0, 0.1) is 0 Å². The molecule has 0 bridgehead atoms. The van der Waals surface area contributed by atoms with Crippen LogP contribution in [0.25, 0.3) is 0 Å². The molecular weight excluding hydrogens is 326 g/mol. The average molecular weight is 338 g/mol. The van der Waals surface area contributed by atoms with Gasteiger partial charge >= 0.3 is 5.97 Å². The number of rotatable bonds is 6. The predicted molar refractivity (Wildman–Crippen MR) is 67.9 cm³/mol. The van der Waals surface area contributed by atoms with Crippen LogP contribution in [-0.4, -0.2) is 26.1 Å². The van der Waals surface area contributed by atoms with E-state index in [9.17, 15) is 13.2 Å². The molecule has 0 aliphatic carbocycles. The molecule has 0 saturated carbocycles. The van der Waals surface area contributed by atoms with Crippen LogP contribution in [0.3, 0.4) is 0 Å². The highest BCUT2D eigenvalue weighted by molar-refractivity contribution is 9.10. The molecule has 0 aromatic heterocycles. The van der Waals surface area contributed by atoms with Crippen LogP contribution < -0.4 is 9.88 Å². The van der Waals surface area contributed by atoms with Crippen molar-refractivity contribution in [3.63, 3.8) is 0 Å². The topological polar surface area (TPSA) is 107 Å². The summed E-state index contributed by atoms with van der Waals surface area (Å²) in [6.07, 6.45) is 0.394. The number of halogens is 1. The molecule has 0 spiro atoms. The van der Waals surface area contributed by atoms with Crippen molar-refractivity contribution in [2.45, 2.75) is 17.7 Å². The Morgan fingerprint density at radius 2 is 2.11 bits per heavy atom. The molecule has 0 amide bonds. The SMILES string of the molecule is NS(=O)(=O)c1ccc(OCCCC(=O)O)c(Br)c1. The van der Waals surface area contributed by atoms with Gasteiger partial charge in [0.15, 0.2) is 0 Å². The Morgan fingerprint density at radius 3 is 2.61 bits per heavy atom. The first-order chi connectivity index (χ1) is 8.30. The molecule has 6 nitrogen and oxygen atoms in total. The highest BCUT2D eigenvalue weighted by Crippen LogP contribution is 2.27. The second kappa shape index (κ2) is 6.17. The van der Waals surface area contributed by atoms with Crippen LogP contribution in [0.2, 0.25) is 0 Å². The molecular formula is C10H12BrNO5S. The Hall–Kier alpha value is -1.12. The minimum Gasteiger partial charge on any atom is -0.492 e. The predicted octanol–water partition coefficient (Wildman–Crippen LogP) is 1.34. The van der Waals surface area contributed by atoms with Crippen molar-refractivity contribution in [3.05, 3.63) is 22.7 Å². The summed E-state index contributed by atoms with van der Waals surface area (Å²) in [5, 5.41) is 13.4. The van der Waals surface area contributed by atoms with Crippen LogP contribution >= 0.6 is 15.9 Å². The number of benzene rings is 1. The Morgan fingerprint density at radius 1 is 1.44 bits per heavy atom. The largest absolute Gasteiger partial charge is 0.492 e. The quantitative estimate of drug-likeness (QED) is 0.761. The number of ether oxygens (including phenoxy) is 1. The lowest BCUT2D eigenvalue weighted by atomic mass is 10.3. The highest BCUT2D eigenvalue weighted by atomic mass is 79.9. The number of hydrogen-bond donors (Lipinski definition) is 2. The molecule has 18 heavy (non-hydrogen) atoms. The van der Waals surface area contributed by atoms with Gasteiger partial charge in [0.25, 0.3) is 0 Å². The molecule has 100 valence electrons. The summed E-state index contributed by atoms with van der Waals surface area (Å²) in [5.74, 6) is -0.449. The zero-order valence-corrected chi connectivity index (χ0v) is 11.7. The van der Waals surface area contributed by atoms with Crippen molar-refractivity contribution < 1.29 is 23.1 Å². The highest BCUT2D eigenvalue weighted by Gasteiger charge is 2.10. The Bertz CT molecular complexity index is 543. The molecule has 0 atom stereocenters. The van der Waals surface area contributed by atoms with E-state index in [4.69, 9.17) is 15.0 Å². The van der Waals surface area contributed by atoms with Crippen LogP contribution in [0.15, 0.2) is 27.6 Å². The molecule has 1 aromatic rings. The van der Waals surface area contributed by atoms with Crippen LogP contribution in [0.5, 0.6) is 5.75 Å². The molecule has 0 aliphatic heterocycles. The van der Waals surface area contributed by atoms with Gasteiger partial charge in [-0.1, -0.05) is 0 Å². The van der Waals surface area contributed by atoms with E-state index < -0.39 is 16.0 Å². The Balaban J connectivity index is 2.66. The van der Waals surface area contributed by atoms with E-state index in [1.54, 1.807) is 0 Å². The van der Waals surface area contributed by atoms with Crippen LogP contribution in [0.1, 0.15) is 12.8 Å². The first-order valence-electron chi connectivity index (χ1n) is 4.97. The van der Waals surface area contributed by atoms with Crippen molar-refractivity contribution in [1.82, 2.24) is 0 Å². The van der Waals surface area contributed by atoms with E-state index in [0.717, 1.165) is 0 Å². The summed E-state index contributed by atoms with van der Waals surface area (Å²) < 4.78 is 27.9. The summed E-state index contributed by atoms with van der Waals surface area (Å²) in [4.78, 5) is 10.3. The third-order valence-electron chi connectivity index (χ3n) is 2.02. The average Bonchev–Trinajstić information content (AvgIpc) is 2.24. The molecule has 0 unspecified atom stereocenters. The van der Waals surface area contributed by atoms with Crippen LogP contribution in [0.4, 0.5) is 0 Å². The molecule has 0 radical (unpaired) electrons. The molecule has 0 heterocycles. The van der Waals surface area contributed by atoms with Gasteiger partial charge in [0, 0.05) is 6.42 Å². The van der Waals surface area contributed by atoms with Gasteiger partial charge < -0.3 is 9.84 Å². The van der Waals surface area contributed by atoms with Gasteiger partial charge in [-0.2, -0.15) is 0 Å². The van der Waals surface area contributed by atoms with Crippen molar-refractivity contribution in [1.29, 1.82) is 0 Å². The van der Waals surface area contributed by atoms with Crippen LogP contribution in [-0.2, 0) is 14.8 Å². The summed E-state index contributed by atoms with van der Waals surface area (Å²) in [7, 11) is -3.74. The van der Waals surface area contributed by atoms with Gasteiger partial charge in [0.2, 0.25) is 10.0 Å². The number of sulfonamides is 1. The summed E-state index contributed by atoms with van der Waals surface area (Å²) in [6, 6.07) is 4.12. The maximum atomic E-state index is 11.1. The van der Waals surface area contributed by atoms with Crippen molar-refractivity contribution in [2.24, 2.45) is 5.14 Å². The van der Waals surface area contributed by atoms with Crippen molar-refractivity contribution in [2.75, 3.05) is 6.61 Å². The Labute approximate surface area is 113 Å². The van der Waals surface area contributed by atoms with E-state index in [0.29, 0.717) is 16.6 Å². The number of hydrogen-bond acceptors (Lipinski definition) is 4. The second-order valence-corrected chi connectivity index (χ2v) is 5.90. The van der Waals surface area contributed by atoms with Gasteiger partial charge in [0.05, 0.1) is 16.0 Å². The van der Waals surface area contributed by atoms with E-state index in [2.05, 4.69) is 15.9 Å². The van der Waals surface area contributed by atoms with Crippen molar-refractivity contribution in [3.8, 4) is 5.75 Å². The van der Waals surface area contributed by atoms with Gasteiger partial charge in [-0.25, -0.2) is 13.6 Å². The van der Waals surface area contributed by atoms with E-state index in [-0.39, 0.29) is 17.9 Å². The Kier molecular flexibility index (Phi) is 5.12. The molecule has 8 heteroatoms. The monoisotopic (exact) mass is 337 g/mol. The smallest absolute Gasteiger partial charge is 0.303 e. The number of carboxylic acids is 1. The third-order valence-corrected chi connectivity index (χ3v) is 3.56. The van der Waals surface area contributed by atoms with E-state index >= 15 is 0 Å². The van der Waals surface area contributed by atoms with Gasteiger partial charge in [-0.3, -0.25) is 4.79 Å². The summed E-state index contributed by atoms with van der Waals surface area (Å²) in [6.45, 7) is 0.236. The van der Waals surface area contributed by atoms with Gasteiger partial charge in [-0.15, -0.1) is 0 Å². The molecule has 0 saturated heterocycles. The molecule has 1 aromatic carbocycles. The fraction of sp³-hybridized carbons (Fsp3) is 0.300. The second-order valence-electron chi connectivity index (χ2n) is 3.48. The first kappa shape index (κ1) is 14.9. The fourth-order valence-corrected chi connectivity index (χ4v) is 2.37. The summed E-state index contributed by atoms with van der Waals surface area (Å²) >= 11 is 3.16. The number of carboxylic acid groups (broad SMARTS) is 1. The molecule has 0 aliphatic rings. The number of nitrogens with two attached hydrogens (primary N) is 1. The standard InChI is InChI=1S/C10H12BrNO5S/c11-8-6-7(18(12,15)16)3-4-9(8)17-5-1-2-10(13)14/h3-4,6H,1-2,5H2,(H,13,14)(H2,12,15,16).